The van der Waals surface area contributed by atoms with E-state index < -0.39 is 5.41 Å². The molecule has 4 nitrogen and oxygen atoms in total. The van der Waals surface area contributed by atoms with Crippen molar-refractivity contribution in [3.05, 3.63) is 217 Å². The van der Waals surface area contributed by atoms with Crippen LogP contribution in [0.1, 0.15) is 22.3 Å². The second-order valence-electron chi connectivity index (χ2n) is 13.5. The zero-order valence-corrected chi connectivity index (χ0v) is 28.8. The summed E-state index contributed by atoms with van der Waals surface area (Å²) in [6.07, 6.45) is 7.31. The predicted molar refractivity (Wildman–Crippen MR) is 214 cm³/mol. The van der Waals surface area contributed by atoms with Crippen molar-refractivity contribution >= 4 is 10.8 Å². The van der Waals surface area contributed by atoms with Gasteiger partial charge in [0.2, 0.25) is 0 Å². The standard InChI is InChI=1S/C49H32N4/c1-3-13-38(14-4-1)49(39-15-5-2-6-16-39)43-30-35(45-18-8-20-47(53-45)37-12-10-28-51-32-37)23-25-41(43)42-26-21-33-29-34(22-24-40(33)48(42)49)44-17-7-19-46(52-44)36-11-9-27-50-31-36/h1-32H. The second-order valence-corrected chi connectivity index (χ2v) is 13.5. The molecule has 4 heteroatoms. The van der Waals surface area contributed by atoms with Crippen molar-refractivity contribution in [2.45, 2.75) is 5.41 Å². The molecular formula is C49H32N4. The summed E-state index contributed by atoms with van der Waals surface area (Å²) in [7, 11) is 0. The Morgan fingerprint density at radius 1 is 0.377 bits per heavy atom. The highest BCUT2D eigenvalue weighted by Crippen LogP contribution is 2.58. The molecule has 0 unspecified atom stereocenters. The fourth-order valence-corrected chi connectivity index (χ4v) is 8.18. The zero-order chi connectivity index (χ0) is 35.2. The van der Waals surface area contributed by atoms with E-state index in [2.05, 4.69) is 149 Å². The molecule has 0 atom stereocenters. The van der Waals surface area contributed by atoms with Crippen molar-refractivity contribution in [1.82, 2.24) is 19.9 Å². The molecule has 1 aliphatic rings. The summed E-state index contributed by atoms with van der Waals surface area (Å²) in [5.41, 5.74) is 14.7. The van der Waals surface area contributed by atoms with Gasteiger partial charge in [0.25, 0.3) is 0 Å². The van der Waals surface area contributed by atoms with Crippen LogP contribution in [-0.4, -0.2) is 19.9 Å². The molecule has 1 aliphatic carbocycles. The van der Waals surface area contributed by atoms with Gasteiger partial charge in [-0.15, -0.1) is 0 Å². The highest BCUT2D eigenvalue weighted by atomic mass is 14.7. The summed E-state index contributed by atoms with van der Waals surface area (Å²) in [5, 5.41) is 2.39. The van der Waals surface area contributed by atoms with Crippen LogP contribution in [0.25, 0.3) is 66.9 Å². The van der Waals surface area contributed by atoms with E-state index in [-0.39, 0.29) is 0 Å². The van der Waals surface area contributed by atoms with E-state index >= 15 is 0 Å². The average Bonchev–Trinajstić information content (AvgIpc) is 3.55. The molecule has 0 saturated carbocycles. The largest absolute Gasteiger partial charge is 0.264 e. The molecular weight excluding hydrogens is 645 g/mol. The van der Waals surface area contributed by atoms with Crippen molar-refractivity contribution in [2.75, 3.05) is 0 Å². The molecule has 0 fully saturated rings. The lowest BCUT2D eigenvalue weighted by molar-refractivity contribution is 0.775. The molecule has 4 heterocycles. The Kier molecular flexibility index (Phi) is 7.33. The van der Waals surface area contributed by atoms with E-state index in [4.69, 9.17) is 9.97 Å². The first kappa shape index (κ1) is 30.8. The van der Waals surface area contributed by atoms with Crippen LogP contribution in [0.2, 0.25) is 0 Å². The maximum absolute atomic E-state index is 5.15. The minimum Gasteiger partial charge on any atom is -0.264 e. The smallest absolute Gasteiger partial charge is 0.0725 e. The summed E-state index contributed by atoms with van der Waals surface area (Å²) in [6.45, 7) is 0. The minimum atomic E-state index is -0.580. The van der Waals surface area contributed by atoms with Gasteiger partial charge in [0.05, 0.1) is 28.2 Å². The van der Waals surface area contributed by atoms with Crippen LogP contribution < -0.4 is 0 Å². The van der Waals surface area contributed by atoms with Gasteiger partial charge in [-0.1, -0.05) is 109 Å². The number of pyridine rings is 4. The Bertz CT molecular complexity index is 2720. The fraction of sp³-hybridized carbons (Fsp3) is 0.0204. The minimum absolute atomic E-state index is 0.580. The summed E-state index contributed by atoms with van der Waals surface area (Å²) in [5.74, 6) is 0. The lowest BCUT2D eigenvalue weighted by Gasteiger charge is -2.35. The first-order valence-corrected chi connectivity index (χ1v) is 17.9. The molecule has 10 rings (SSSR count). The summed E-state index contributed by atoms with van der Waals surface area (Å²) in [4.78, 5) is 18.9. The van der Waals surface area contributed by atoms with Gasteiger partial charge in [-0.2, -0.15) is 0 Å². The zero-order valence-electron chi connectivity index (χ0n) is 28.8. The summed E-state index contributed by atoms with van der Waals surface area (Å²) >= 11 is 0. The maximum Gasteiger partial charge on any atom is 0.0725 e. The number of aromatic nitrogens is 4. The molecule has 0 radical (unpaired) electrons. The quantitative estimate of drug-likeness (QED) is 0.176. The first-order valence-electron chi connectivity index (χ1n) is 17.9. The molecule has 9 aromatic rings. The molecule has 5 aromatic carbocycles. The van der Waals surface area contributed by atoms with Crippen molar-refractivity contribution in [1.29, 1.82) is 0 Å². The van der Waals surface area contributed by atoms with Crippen LogP contribution in [0.3, 0.4) is 0 Å². The molecule has 248 valence electrons. The second kappa shape index (κ2) is 12.6. The molecule has 0 amide bonds. The predicted octanol–water partition coefficient (Wildman–Crippen LogP) is 11.5. The monoisotopic (exact) mass is 676 g/mol. The normalized spacial score (nSPS) is 12.7. The van der Waals surface area contributed by atoms with Crippen LogP contribution in [0, 0.1) is 0 Å². The average molecular weight is 677 g/mol. The summed E-state index contributed by atoms with van der Waals surface area (Å²) < 4.78 is 0. The Labute approximate surface area is 308 Å². The van der Waals surface area contributed by atoms with Gasteiger partial charge in [-0.05, 0) is 105 Å². The fourth-order valence-electron chi connectivity index (χ4n) is 8.18. The van der Waals surface area contributed by atoms with Crippen molar-refractivity contribution < 1.29 is 0 Å². The first-order chi connectivity index (χ1) is 26.3. The lowest BCUT2D eigenvalue weighted by Crippen LogP contribution is -2.28. The van der Waals surface area contributed by atoms with Gasteiger partial charge in [0, 0.05) is 47.0 Å². The third kappa shape index (κ3) is 5.07. The van der Waals surface area contributed by atoms with Crippen molar-refractivity contribution in [2.24, 2.45) is 0 Å². The van der Waals surface area contributed by atoms with Crippen LogP contribution in [-0.2, 0) is 5.41 Å². The lowest BCUT2D eigenvalue weighted by atomic mass is 9.66. The molecule has 0 bridgehead atoms. The Hall–Kier alpha value is -7.04. The number of nitrogens with zero attached hydrogens (tertiary/aromatic N) is 4. The number of rotatable bonds is 6. The van der Waals surface area contributed by atoms with E-state index in [0.29, 0.717) is 0 Å². The van der Waals surface area contributed by atoms with E-state index in [0.717, 1.165) is 45.0 Å². The molecule has 53 heavy (non-hydrogen) atoms. The molecule has 0 saturated heterocycles. The number of hydrogen-bond donors (Lipinski definition) is 0. The van der Waals surface area contributed by atoms with Gasteiger partial charge >= 0.3 is 0 Å². The third-order valence-corrected chi connectivity index (χ3v) is 10.5. The van der Waals surface area contributed by atoms with Gasteiger partial charge in [-0.25, -0.2) is 9.97 Å². The van der Waals surface area contributed by atoms with Crippen molar-refractivity contribution in [3.63, 3.8) is 0 Å². The van der Waals surface area contributed by atoms with Crippen LogP contribution in [0.5, 0.6) is 0 Å². The maximum atomic E-state index is 5.15. The highest BCUT2D eigenvalue weighted by molar-refractivity contribution is 6.02. The van der Waals surface area contributed by atoms with Gasteiger partial charge < -0.3 is 0 Å². The number of fused-ring (bicyclic) bond motifs is 5. The van der Waals surface area contributed by atoms with Gasteiger partial charge in [0.15, 0.2) is 0 Å². The summed E-state index contributed by atoms with van der Waals surface area (Å²) in [6, 6.07) is 60.7. The molecule has 0 aliphatic heterocycles. The van der Waals surface area contributed by atoms with E-state index in [9.17, 15) is 0 Å². The van der Waals surface area contributed by atoms with Gasteiger partial charge in [0.1, 0.15) is 0 Å². The van der Waals surface area contributed by atoms with E-state index in [1.54, 1.807) is 12.4 Å². The Balaban J connectivity index is 1.20. The Morgan fingerprint density at radius 2 is 0.906 bits per heavy atom. The third-order valence-electron chi connectivity index (χ3n) is 10.5. The molecule has 4 aromatic heterocycles. The van der Waals surface area contributed by atoms with Crippen molar-refractivity contribution in [3.8, 4) is 56.2 Å². The van der Waals surface area contributed by atoms with Crippen LogP contribution in [0.4, 0.5) is 0 Å². The number of benzene rings is 5. The van der Waals surface area contributed by atoms with Crippen LogP contribution in [0.15, 0.2) is 195 Å². The SMILES string of the molecule is c1ccc(C2(c3ccccc3)c3cc(-c4cccc(-c5cccnc5)n4)ccc3-c3ccc4cc(-c5cccc(-c6cccnc6)n5)ccc4c32)cc1. The molecule has 0 spiro atoms. The van der Waals surface area contributed by atoms with E-state index in [1.165, 1.54) is 44.2 Å². The van der Waals surface area contributed by atoms with Gasteiger partial charge in [-0.3, -0.25) is 9.97 Å². The highest BCUT2D eigenvalue weighted by Gasteiger charge is 2.47. The number of hydrogen-bond acceptors (Lipinski definition) is 4. The Morgan fingerprint density at radius 3 is 1.47 bits per heavy atom. The van der Waals surface area contributed by atoms with Crippen LogP contribution >= 0.6 is 0 Å². The van der Waals surface area contributed by atoms with E-state index in [1.807, 2.05) is 42.7 Å². The topological polar surface area (TPSA) is 51.6 Å². The molecule has 0 N–H and O–H groups in total.